The average molecular weight is 258 g/mol. The van der Waals surface area contributed by atoms with Crippen LogP contribution in [-0.4, -0.2) is 12.0 Å². The molecule has 1 amide bonds. The Morgan fingerprint density at radius 1 is 1.58 bits per heavy atom. The van der Waals surface area contributed by atoms with Gasteiger partial charge in [0.05, 0.1) is 12.2 Å². The van der Waals surface area contributed by atoms with E-state index in [2.05, 4.69) is 18.3 Å². The van der Waals surface area contributed by atoms with Crippen molar-refractivity contribution in [3.8, 4) is 11.8 Å². The van der Waals surface area contributed by atoms with E-state index < -0.39 is 5.41 Å². The molecular formula is C15H18N2O2. The second-order valence-corrected chi connectivity index (χ2v) is 5.01. The third-order valence-corrected chi connectivity index (χ3v) is 3.40. The first-order chi connectivity index (χ1) is 9.09. The molecule has 0 aliphatic heterocycles. The second kappa shape index (κ2) is 5.31. The number of nitriles is 1. The standard InChI is InChI=1S/C15H18N2O2/c1-3-11(2)19-13-6-4-5-12(9-13)17-14(18)15(10-16)7-8-15/h4-6,9,11H,3,7-8H2,1-2H3,(H,17,18). The van der Waals surface area contributed by atoms with Gasteiger partial charge in [0, 0.05) is 11.8 Å². The number of ether oxygens (including phenoxy) is 1. The monoisotopic (exact) mass is 258 g/mol. The van der Waals surface area contributed by atoms with E-state index in [0.717, 1.165) is 12.2 Å². The van der Waals surface area contributed by atoms with Gasteiger partial charge in [-0.05, 0) is 38.3 Å². The van der Waals surface area contributed by atoms with Gasteiger partial charge >= 0.3 is 0 Å². The first-order valence-electron chi connectivity index (χ1n) is 6.59. The number of carbonyl (C=O) groups excluding carboxylic acids is 1. The molecule has 0 bridgehead atoms. The van der Waals surface area contributed by atoms with E-state index in [1.165, 1.54) is 0 Å². The van der Waals surface area contributed by atoms with Crippen molar-refractivity contribution < 1.29 is 9.53 Å². The fourth-order valence-corrected chi connectivity index (χ4v) is 1.73. The van der Waals surface area contributed by atoms with Gasteiger partial charge in [-0.2, -0.15) is 5.26 Å². The van der Waals surface area contributed by atoms with Gasteiger partial charge in [0.15, 0.2) is 0 Å². The van der Waals surface area contributed by atoms with Crippen molar-refractivity contribution in [2.45, 2.75) is 39.2 Å². The number of anilines is 1. The lowest BCUT2D eigenvalue weighted by molar-refractivity contribution is -0.119. The van der Waals surface area contributed by atoms with Crippen molar-refractivity contribution >= 4 is 11.6 Å². The lowest BCUT2D eigenvalue weighted by Crippen LogP contribution is -2.22. The van der Waals surface area contributed by atoms with Gasteiger partial charge < -0.3 is 10.1 Å². The summed E-state index contributed by atoms with van der Waals surface area (Å²) < 4.78 is 5.70. The summed E-state index contributed by atoms with van der Waals surface area (Å²) in [5.41, 5.74) is -0.125. The Kier molecular flexibility index (Phi) is 3.75. The van der Waals surface area contributed by atoms with Gasteiger partial charge in [-0.3, -0.25) is 4.79 Å². The minimum Gasteiger partial charge on any atom is -0.491 e. The molecule has 0 radical (unpaired) electrons. The molecule has 1 fully saturated rings. The number of hydrogen-bond donors (Lipinski definition) is 1. The summed E-state index contributed by atoms with van der Waals surface area (Å²) in [6.45, 7) is 4.06. The Morgan fingerprint density at radius 3 is 2.89 bits per heavy atom. The van der Waals surface area contributed by atoms with E-state index in [1.807, 2.05) is 19.1 Å². The third kappa shape index (κ3) is 3.05. The van der Waals surface area contributed by atoms with E-state index in [0.29, 0.717) is 18.5 Å². The lowest BCUT2D eigenvalue weighted by atomic mass is 10.1. The van der Waals surface area contributed by atoms with Crippen LogP contribution in [0.5, 0.6) is 5.75 Å². The number of rotatable bonds is 5. The Hall–Kier alpha value is -2.02. The van der Waals surface area contributed by atoms with Crippen LogP contribution in [0.15, 0.2) is 24.3 Å². The third-order valence-electron chi connectivity index (χ3n) is 3.40. The van der Waals surface area contributed by atoms with Gasteiger partial charge in [-0.25, -0.2) is 0 Å². The van der Waals surface area contributed by atoms with Crippen LogP contribution in [0.2, 0.25) is 0 Å². The second-order valence-electron chi connectivity index (χ2n) is 5.01. The average Bonchev–Trinajstić information content (AvgIpc) is 3.20. The van der Waals surface area contributed by atoms with Gasteiger partial charge in [0.2, 0.25) is 5.91 Å². The molecule has 0 spiro atoms. The minimum absolute atomic E-state index is 0.139. The van der Waals surface area contributed by atoms with Crippen LogP contribution in [0.4, 0.5) is 5.69 Å². The minimum atomic E-state index is -0.798. The first-order valence-corrected chi connectivity index (χ1v) is 6.59. The Balaban J connectivity index is 2.03. The van der Waals surface area contributed by atoms with Crippen molar-refractivity contribution in [2.75, 3.05) is 5.32 Å². The molecule has 0 saturated heterocycles. The molecule has 1 aliphatic rings. The van der Waals surface area contributed by atoms with Crippen LogP contribution in [0, 0.1) is 16.7 Å². The molecule has 1 atom stereocenters. The molecule has 2 rings (SSSR count). The summed E-state index contributed by atoms with van der Waals surface area (Å²) in [5, 5.41) is 11.8. The van der Waals surface area contributed by atoms with Gasteiger partial charge in [-0.1, -0.05) is 13.0 Å². The zero-order valence-corrected chi connectivity index (χ0v) is 11.3. The summed E-state index contributed by atoms with van der Waals surface area (Å²) in [6, 6.07) is 9.37. The van der Waals surface area contributed by atoms with Crippen LogP contribution in [0.1, 0.15) is 33.1 Å². The first kappa shape index (κ1) is 13.4. The molecular weight excluding hydrogens is 240 g/mol. The topological polar surface area (TPSA) is 62.1 Å². The molecule has 1 saturated carbocycles. The normalized spacial score (nSPS) is 17.1. The fraction of sp³-hybridized carbons (Fsp3) is 0.467. The van der Waals surface area contributed by atoms with Crippen LogP contribution in [0.25, 0.3) is 0 Å². The van der Waals surface area contributed by atoms with Crippen LogP contribution in [-0.2, 0) is 4.79 Å². The quantitative estimate of drug-likeness (QED) is 0.882. The number of amides is 1. The molecule has 1 aromatic rings. The molecule has 4 heteroatoms. The molecule has 1 N–H and O–H groups in total. The number of benzene rings is 1. The highest BCUT2D eigenvalue weighted by molar-refractivity contribution is 5.99. The zero-order valence-electron chi connectivity index (χ0n) is 11.3. The van der Waals surface area contributed by atoms with Crippen molar-refractivity contribution in [1.29, 1.82) is 5.26 Å². The zero-order chi connectivity index (χ0) is 13.9. The van der Waals surface area contributed by atoms with Crippen molar-refractivity contribution in [1.82, 2.24) is 0 Å². The molecule has 19 heavy (non-hydrogen) atoms. The summed E-state index contributed by atoms with van der Waals surface area (Å²) in [4.78, 5) is 11.9. The summed E-state index contributed by atoms with van der Waals surface area (Å²) in [5.74, 6) is 0.518. The van der Waals surface area contributed by atoms with Crippen LogP contribution < -0.4 is 10.1 Å². The largest absolute Gasteiger partial charge is 0.491 e. The van der Waals surface area contributed by atoms with Crippen LogP contribution in [0.3, 0.4) is 0 Å². The molecule has 4 nitrogen and oxygen atoms in total. The number of carbonyl (C=O) groups is 1. The predicted molar refractivity (Wildman–Crippen MR) is 72.7 cm³/mol. The maximum absolute atomic E-state index is 11.9. The number of nitrogens with zero attached hydrogens (tertiary/aromatic N) is 1. The predicted octanol–water partition coefficient (Wildman–Crippen LogP) is 3.11. The van der Waals surface area contributed by atoms with E-state index in [9.17, 15) is 4.79 Å². The van der Waals surface area contributed by atoms with Crippen molar-refractivity contribution in [3.63, 3.8) is 0 Å². The molecule has 1 aromatic carbocycles. The Morgan fingerprint density at radius 2 is 2.32 bits per heavy atom. The number of hydrogen-bond acceptors (Lipinski definition) is 3. The SMILES string of the molecule is CCC(C)Oc1cccc(NC(=O)C2(C#N)CC2)c1. The molecule has 0 aromatic heterocycles. The Bertz CT molecular complexity index is 515. The molecule has 1 aliphatic carbocycles. The summed E-state index contributed by atoms with van der Waals surface area (Å²) in [6.07, 6.45) is 2.37. The van der Waals surface area contributed by atoms with Gasteiger partial charge in [0.1, 0.15) is 11.2 Å². The van der Waals surface area contributed by atoms with Crippen LogP contribution >= 0.6 is 0 Å². The Labute approximate surface area is 113 Å². The highest BCUT2D eigenvalue weighted by Gasteiger charge is 2.50. The maximum Gasteiger partial charge on any atom is 0.244 e. The van der Waals surface area contributed by atoms with Gasteiger partial charge in [-0.15, -0.1) is 0 Å². The molecule has 0 heterocycles. The van der Waals surface area contributed by atoms with E-state index in [-0.39, 0.29) is 12.0 Å². The van der Waals surface area contributed by atoms with E-state index in [4.69, 9.17) is 10.00 Å². The molecule has 100 valence electrons. The smallest absolute Gasteiger partial charge is 0.244 e. The lowest BCUT2D eigenvalue weighted by Gasteiger charge is -2.14. The number of nitrogens with one attached hydrogen (secondary N) is 1. The van der Waals surface area contributed by atoms with E-state index >= 15 is 0 Å². The maximum atomic E-state index is 11.9. The van der Waals surface area contributed by atoms with Crippen molar-refractivity contribution in [2.24, 2.45) is 5.41 Å². The van der Waals surface area contributed by atoms with E-state index in [1.54, 1.807) is 12.1 Å². The molecule has 1 unspecified atom stereocenters. The summed E-state index contributed by atoms with van der Waals surface area (Å²) >= 11 is 0. The van der Waals surface area contributed by atoms with Crippen molar-refractivity contribution in [3.05, 3.63) is 24.3 Å². The summed E-state index contributed by atoms with van der Waals surface area (Å²) in [7, 11) is 0. The van der Waals surface area contributed by atoms with Gasteiger partial charge in [0.25, 0.3) is 0 Å². The highest BCUT2D eigenvalue weighted by Crippen LogP contribution is 2.45. The highest BCUT2D eigenvalue weighted by atomic mass is 16.5. The fourth-order valence-electron chi connectivity index (χ4n) is 1.73.